The van der Waals surface area contributed by atoms with Gasteiger partial charge in [0.1, 0.15) is 18.1 Å². The molecule has 3 unspecified atom stereocenters. The average Bonchev–Trinajstić information content (AvgIpc) is 3.31. The van der Waals surface area contributed by atoms with E-state index in [2.05, 4.69) is 27.8 Å². The van der Waals surface area contributed by atoms with Crippen LogP contribution in [0.25, 0.3) is 10.9 Å². The van der Waals surface area contributed by atoms with E-state index in [-0.39, 0.29) is 35.6 Å². The molecule has 3 aromatic rings. The molecule has 38 heavy (non-hydrogen) atoms. The molecule has 2 aliphatic rings. The summed E-state index contributed by atoms with van der Waals surface area (Å²) in [5.41, 5.74) is 3.91. The van der Waals surface area contributed by atoms with E-state index in [9.17, 15) is 14.4 Å². The highest BCUT2D eigenvalue weighted by atomic mass is 16.2. The second-order valence-corrected chi connectivity index (χ2v) is 11.3. The first-order chi connectivity index (χ1) is 18.2. The minimum absolute atomic E-state index is 0.0547. The van der Waals surface area contributed by atoms with Crippen molar-refractivity contribution < 1.29 is 14.4 Å². The molecule has 2 heterocycles. The predicted molar refractivity (Wildman–Crippen MR) is 147 cm³/mol. The minimum atomic E-state index is -0.935. The van der Waals surface area contributed by atoms with Crippen LogP contribution in [0.4, 0.5) is 0 Å². The van der Waals surface area contributed by atoms with Crippen molar-refractivity contribution in [2.75, 3.05) is 0 Å². The van der Waals surface area contributed by atoms with Crippen molar-refractivity contribution in [1.82, 2.24) is 20.5 Å². The van der Waals surface area contributed by atoms with Crippen LogP contribution in [0, 0.1) is 11.8 Å². The number of rotatable bonds is 7. The Balaban J connectivity index is 1.58. The molecule has 0 spiro atoms. The molecule has 2 N–H and O–H groups in total. The topological polar surface area (TPSA) is 91.4 Å². The number of carbonyl (C=O) groups excluding carboxylic acids is 3. The van der Waals surface area contributed by atoms with Gasteiger partial charge in [0.05, 0.1) is 5.52 Å². The van der Waals surface area contributed by atoms with Gasteiger partial charge in [0, 0.05) is 17.6 Å². The van der Waals surface area contributed by atoms with Gasteiger partial charge in [-0.15, -0.1) is 0 Å². The molecule has 7 nitrogen and oxygen atoms in total. The SMILES string of the molecule is CC(C)CC1C(=O)NC(C2Cc3ccccc3C2)C(=O)N1C(C(=O)NC(C)C)c1ccc2ncccc2c1. The third kappa shape index (κ3) is 5.02. The van der Waals surface area contributed by atoms with Gasteiger partial charge in [-0.1, -0.05) is 50.2 Å². The van der Waals surface area contributed by atoms with E-state index in [1.807, 2.05) is 70.2 Å². The lowest BCUT2D eigenvalue weighted by atomic mass is 9.87. The third-order valence-electron chi connectivity index (χ3n) is 7.61. The van der Waals surface area contributed by atoms with Gasteiger partial charge in [0.25, 0.3) is 0 Å². The van der Waals surface area contributed by atoms with E-state index in [0.717, 1.165) is 23.7 Å². The Bertz CT molecular complexity index is 1340. The summed E-state index contributed by atoms with van der Waals surface area (Å²) < 4.78 is 0. The van der Waals surface area contributed by atoms with Crippen LogP contribution in [0.1, 0.15) is 56.8 Å². The second kappa shape index (κ2) is 10.6. The van der Waals surface area contributed by atoms with Gasteiger partial charge in [0.15, 0.2) is 0 Å². The molecule has 1 fully saturated rings. The number of hydrogen-bond donors (Lipinski definition) is 2. The largest absolute Gasteiger partial charge is 0.352 e. The lowest BCUT2D eigenvalue weighted by Gasteiger charge is -2.45. The summed E-state index contributed by atoms with van der Waals surface area (Å²) in [6, 6.07) is 15.1. The summed E-state index contributed by atoms with van der Waals surface area (Å²) in [5, 5.41) is 6.97. The van der Waals surface area contributed by atoms with Crippen molar-refractivity contribution in [2.45, 2.75) is 71.1 Å². The molecular weight excluding hydrogens is 476 g/mol. The molecule has 7 heteroatoms. The maximum absolute atomic E-state index is 14.4. The number of nitrogens with zero attached hydrogens (tertiary/aromatic N) is 2. The zero-order valence-electron chi connectivity index (χ0n) is 22.5. The number of carbonyl (C=O) groups is 3. The van der Waals surface area contributed by atoms with Crippen LogP contribution >= 0.6 is 0 Å². The van der Waals surface area contributed by atoms with Crippen molar-refractivity contribution in [2.24, 2.45) is 11.8 Å². The van der Waals surface area contributed by atoms with Gasteiger partial charge < -0.3 is 15.5 Å². The molecule has 0 saturated carbocycles. The summed E-state index contributed by atoms with van der Waals surface area (Å²) in [7, 11) is 0. The molecule has 1 aromatic heterocycles. The van der Waals surface area contributed by atoms with Crippen LogP contribution in [0.5, 0.6) is 0 Å². The smallest absolute Gasteiger partial charge is 0.247 e. The summed E-state index contributed by atoms with van der Waals surface area (Å²) in [6.45, 7) is 7.85. The van der Waals surface area contributed by atoms with Crippen molar-refractivity contribution in [3.63, 3.8) is 0 Å². The Morgan fingerprint density at radius 1 is 1.03 bits per heavy atom. The van der Waals surface area contributed by atoms with Gasteiger partial charge in [0.2, 0.25) is 17.7 Å². The van der Waals surface area contributed by atoms with Crippen LogP contribution < -0.4 is 10.6 Å². The van der Waals surface area contributed by atoms with E-state index in [4.69, 9.17) is 0 Å². The Hall–Kier alpha value is -3.74. The predicted octanol–water partition coefficient (Wildman–Crippen LogP) is 3.96. The zero-order valence-corrected chi connectivity index (χ0v) is 22.5. The highest BCUT2D eigenvalue weighted by molar-refractivity contribution is 6.00. The highest BCUT2D eigenvalue weighted by Gasteiger charge is 2.49. The van der Waals surface area contributed by atoms with E-state index < -0.39 is 18.1 Å². The van der Waals surface area contributed by atoms with Gasteiger partial charge in [-0.2, -0.15) is 0 Å². The number of piperazine rings is 1. The number of aromatic nitrogens is 1. The van der Waals surface area contributed by atoms with Gasteiger partial charge >= 0.3 is 0 Å². The summed E-state index contributed by atoms with van der Waals surface area (Å²) in [6.07, 6.45) is 3.64. The van der Waals surface area contributed by atoms with Gasteiger partial charge in [-0.25, -0.2) is 0 Å². The lowest BCUT2D eigenvalue weighted by molar-refractivity contribution is -0.158. The molecule has 3 amide bonds. The van der Waals surface area contributed by atoms with E-state index in [1.165, 1.54) is 11.1 Å². The molecule has 3 atom stereocenters. The number of amides is 3. The van der Waals surface area contributed by atoms with E-state index in [1.54, 1.807) is 11.1 Å². The number of pyridine rings is 1. The number of fused-ring (bicyclic) bond motifs is 2. The summed E-state index contributed by atoms with van der Waals surface area (Å²) >= 11 is 0. The monoisotopic (exact) mass is 512 g/mol. The van der Waals surface area contributed by atoms with Crippen molar-refractivity contribution in [1.29, 1.82) is 0 Å². The van der Waals surface area contributed by atoms with Crippen molar-refractivity contribution in [3.8, 4) is 0 Å². The fraction of sp³-hybridized carbons (Fsp3) is 0.419. The zero-order chi connectivity index (χ0) is 27.0. The van der Waals surface area contributed by atoms with Crippen molar-refractivity contribution in [3.05, 3.63) is 77.5 Å². The summed E-state index contributed by atoms with van der Waals surface area (Å²) in [5.74, 6) is -0.565. The molecule has 1 saturated heterocycles. The third-order valence-corrected chi connectivity index (χ3v) is 7.61. The first-order valence-electron chi connectivity index (χ1n) is 13.6. The number of benzene rings is 2. The van der Waals surface area contributed by atoms with Crippen LogP contribution in [0.3, 0.4) is 0 Å². The Kier molecular flexibility index (Phi) is 7.19. The standard InChI is InChI=1S/C31H36N4O3/c1-18(2)14-26-29(36)34-27(24-15-20-8-5-6-9-21(20)16-24)31(38)35(26)28(30(37)33-19(3)4)23-11-12-25-22(17-23)10-7-13-32-25/h5-13,17-19,24,26-28H,14-16H2,1-4H3,(H,33,37)(H,34,36). The number of nitrogens with one attached hydrogen (secondary N) is 2. The molecule has 0 bridgehead atoms. The van der Waals surface area contributed by atoms with Crippen LogP contribution in [-0.2, 0) is 27.2 Å². The van der Waals surface area contributed by atoms with E-state index >= 15 is 0 Å². The second-order valence-electron chi connectivity index (χ2n) is 11.3. The minimum Gasteiger partial charge on any atom is -0.352 e. The quantitative estimate of drug-likeness (QED) is 0.501. The highest BCUT2D eigenvalue weighted by Crippen LogP contribution is 2.36. The van der Waals surface area contributed by atoms with Gasteiger partial charge in [-0.05, 0) is 79.8 Å². The molecular formula is C31H36N4O3. The molecule has 5 rings (SSSR count). The molecule has 2 aromatic carbocycles. The van der Waals surface area contributed by atoms with E-state index in [0.29, 0.717) is 12.0 Å². The number of hydrogen-bond acceptors (Lipinski definition) is 4. The summed E-state index contributed by atoms with van der Waals surface area (Å²) in [4.78, 5) is 47.9. The molecule has 1 aliphatic heterocycles. The molecule has 1 aliphatic carbocycles. The molecule has 198 valence electrons. The lowest BCUT2D eigenvalue weighted by Crippen LogP contribution is -2.67. The maximum Gasteiger partial charge on any atom is 0.247 e. The fourth-order valence-electron chi connectivity index (χ4n) is 5.94. The van der Waals surface area contributed by atoms with Crippen LogP contribution in [0.2, 0.25) is 0 Å². The maximum atomic E-state index is 14.4. The van der Waals surface area contributed by atoms with Crippen LogP contribution in [-0.4, -0.2) is 45.7 Å². The Labute approximate surface area is 224 Å². The average molecular weight is 513 g/mol. The first kappa shape index (κ1) is 25.9. The van der Waals surface area contributed by atoms with Crippen molar-refractivity contribution >= 4 is 28.6 Å². The first-order valence-corrected chi connectivity index (χ1v) is 13.6. The normalized spacial score (nSPS) is 20.6. The van der Waals surface area contributed by atoms with Crippen LogP contribution in [0.15, 0.2) is 60.8 Å². The fourth-order valence-corrected chi connectivity index (χ4v) is 5.94. The van der Waals surface area contributed by atoms with Gasteiger partial charge in [-0.3, -0.25) is 19.4 Å². The Morgan fingerprint density at radius 3 is 2.39 bits per heavy atom. The Morgan fingerprint density at radius 2 is 1.74 bits per heavy atom. The molecule has 0 radical (unpaired) electrons.